The summed E-state index contributed by atoms with van der Waals surface area (Å²) in [5, 5.41) is 0.411. The number of nitrogens with zero attached hydrogens (tertiary/aromatic N) is 2. The fourth-order valence-corrected chi connectivity index (χ4v) is 3.01. The first-order valence-electron chi connectivity index (χ1n) is 7.17. The first kappa shape index (κ1) is 16.6. The second-order valence-electron chi connectivity index (χ2n) is 6.06. The van der Waals surface area contributed by atoms with Crippen molar-refractivity contribution in [3.8, 4) is 5.75 Å². The van der Waals surface area contributed by atoms with Gasteiger partial charge in [-0.15, -0.1) is 0 Å². The quantitative estimate of drug-likeness (QED) is 0.839. The van der Waals surface area contributed by atoms with Gasteiger partial charge in [0.2, 0.25) is 5.91 Å². The Balaban J connectivity index is 2.22. The Morgan fingerprint density at radius 1 is 1.27 bits per heavy atom. The van der Waals surface area contributed by atoms with Crippen molar-refractivity contribution in [2.45, 2.75) is 26.3 Å². The van der Waals surface area contributed by atoms with Crippen molar-refractivity contribution in [2.75, 3.05) is 26.7 Å². The second-order valence-corrected chi connectivity index (χ2v) is 6.47. The maximum atomic E-state index is 12.8. The van der Waals surface area contributed by atoms with Crippen LogP contribution >= 0.6 is 11.6 Å². The van der Waals surface area contributed by atoms with E-state index in [0.29, 0.717) is 36.0 Å². The van der Waals surface area contributed by atoms with E-state index in [1.165, 1.54) is 7.11 Å². The first-order valence-corrected chi connectivity index (χ1v) is 7.55. The summed E-state index contributed by atoms with van der Waals surface area (Å²) in [5.41, 5.74) is 0.100. The first-order chi connectivity index (χ1) is 10.3. The average Bonchev–Trinajstić information content (AvgIpc) is 2.45. The topological polar surface area (TPSA) is 49.9 Å². The molecule has 0 bridgehead atoms. The second kappa shape index (κ2) is 6.16. The van der Waals surface area contributed by atoms with Gasteiger partial charge < -0.3 is 14.5 Å². The lowest BCUT2D eigenvalue weighted by Gasteiger charge is -2.47. The van der Waals surface area contributed by atoms with E-state index in [4.69, 9.17) is 16.3 Å². The van der Waals surface area contributed by atoms with E-state index < -0.39 is 5.54 Å². The van der Waals surface area contributed by atoms with E-state index in [9.17, 15) is 9.59 Å². The van der Waals surface area contributed by atoms with Gasteiger partial charge in [0, 0.05) is 32.1 Å². The number of rotatable bonds is 2. The molecule has 5 nitrogen and oxygen atoms in total. The summed E-state index contributed by atoms with van der Waals surface area (Å²) >= 11 is 6.10. The third-order valence-corrected chi connectivity index (χ3v) is 4.29. The van der Waals surface area contributed by atoms with E-state index >= 15 is 0 Å². The van der Waals surface area contributed by atoms with E-state index in [1.54, 1.807) is 34.9 Å². The average molecular weight is 325 g/mol. The maximum absolute atomic E-state index is 12.8. The number of carbonyl (C=O) groups is 2. The zero-order valence-corrected chi connectivity index (χ0v) is 14.1. The molecule has 0 unspecified atom stereocenters. The van der Waals surface area contributed by atoms with Gasteiger partial charge in [-0.05, 0) is 32.0 Å². The van der Waals surface area contributed by atoms with Crippen LogP contribution in [-0.2, 0) is 4.79 Å². The number of piperazine rings is 1. The number of carbonyl (C=O) groups excluding carboxylic acids is 2. The molecule has 0 radical (unpaired) electrons. The zero-order chi connectivity index (χ0) is 16.5. The van der Waals surface area contributed by atoms with Crippen LogP contribution in [0.2, 0.25) is 5.02 Å². The lowest BCUT2D eigenvalue weighted by atomic mass is 9.97. The molecule has 0 N–H and O–H groups in total. The Hall–Kier alpha value is -1.75. The van der Waals surface area contributed by atoms with Gasteiger partial charge in [0.25, 0.3) is 5.91 Å². The predicted molar refractivity (Wildman–Crippen MR) is 85.4 cm³/mol. The van der Waals surface area contributed by atoms with Crippen molar-refractivity contribution < 1.29 is 14.3 Å². The standard InChI is InChI=1S/C16H21ClN2O3/c1-11(20)18-7-8-19(16(2,3)10-18)15(21)12-5-6-14(22-4)13(17)9-12/h5-6,9H,7-8,10H2,1-4H3. The minimum Gasteiger partial charge on any atom is -0.495 e. The Morgan fingerprint density at radius 3 is 2.45 bits per heavy atom. The van der Waals surface area contributed by atoms with Crippen LogP contribution in [0.5, 0.6) is 5.75 Å². The number of methoxy groups -OCH3 is 1. The molecule has 1 fully saturated rings. The van der Waals surface area contributed by atoms with E-state index in [2.05, 4.69) is 0 Å². The molecule has 6 heteroatoms. The van der Waals surface area contributed by atoms with Gasteiger partial charge in [0.1, 0.15) is 5.75 Å². The molecule has 2 amide bonds. The van der Waals surface area contributed by atoms with Crippen molar-refractivity contribution in [1.82, 2.24) is 9.80 Å². The maximum Gasteiger partial charge on any atom is 0.254 e. The predicted octanol–water partition coefficient (Wildman–Crippen LogP) is 2.43. The van der Waals surface area contributed by atoms with Gasteiger partial charge in [0.15, 0.2) is 0 Å². The number of amides is 2. The molecule has 0 aromatic heterocycles. The number of benzene rings is 1. The third kappa shape index (κ3) is 3.19. The summed E-state index contributed by atoms with van der Waals surface area (Å²) in [6.45, 7) is 7.06. The highest BCUT2D eigenvalue weighted by atomic mass is 35.5. The summed E-state index contributed by atoms with van der Waals surface area (Å²) in [4.78, 5) is 27.9. The smallest absolute Gasteiger partial charge is 0.254 e. The van der Waals surface area contributed by atoms with Crippen molar-refractivity contribution in [1.29, 1.82) is 0 Å². The largest absolute Gasteiger partial charge is 0.495 e. The lowest BCUT2D eigenvalue weighted by molar-refractivity contribution is -0.133. The number of ether oxygens (including phenoxy) is 1. The van der Waals surface area contributed by atoms with Gasteiger partial charge >= 0.3 is 0 Å². The summed E-state index contributed by atoms with van der Waals surface area (Å²) < 4.78 is 5.11. The minimum absolute atomic E-state index is 0.0349. The zero-order valence-electron chi connectivity index (χ0n) is 13.4. The molecule has 1 aromatic rings. The third-order valence-electron chi connectivity index (χ3n) is 3.99. The van der Waals surface area contributed by atoms with Crippen LogP contribution in [0, 0.1) is 0 Å². The summed E-state index contributed by atoms with van der Waals surface area (Å²) in [5.74, 6) is 0.490. The van der Waals surface area contributed by atoms with Crippen molar-refractivity contribution in [2.24, 2.45) is 0 Å². The Labute approximate surface area is 135 Å². The van der Waals surface area contributed by atoms with Crippen molar-refractivity contribution in [3.63, 3.8) is 0 Å². The molecule has 1 aliphatic rings. The molecule has 0 saturated carbocycles. The highest BCUT2D eigenvalue weighted by molar-refractivity contribution is 6.32. The minimum atomic E-state index is -0.423. The SMILES string of the molecule is COc1ccc(C(=O)N2CCN(C(C)=O)CC2(C)C)cc1Cl. The number of hydrogen-bond donors (Lipinski definition) is 0. The molecule has 0 atom stereocenters. The van der Waals surface area contributed by atoms with Crippen LogP contribution in [0.1, 0.15) is 31.1 Å². The monoisotopic (exact) mass is 324 g/mol. The van der Waals surface area contributed by atoms with Gasteiger partial charge in [-0.25, -0.2) is 0 Å². The van der Waals surface area contributed by atoms with E-state index in [-0.39, 0.29) is 11.8 Å². The van der Waals surface area contributed by atoms with Crippen molar-refractivity contribution in [3.05, 3.63) is 28.8 Å². The molecule has 1 heterocycles. The molecular weight excluding hydrogens is 304 g/mol. The van der Waals surface area contributed by atoms with Crippen LogP contribution in [0.25, 0.3) is 0 Å². The highest BCUT2D eigenvalue weighted by Gasteiger charge is 2.37. The van der Waals surface area contributed by atoms with Crippen LogP contribution in [0.15, 0.2) is 18.2 Å². The van der Waals surface area contributed by atoms with Crippen molar-refractivity contribution >= 4 is 23.4 Å². The van der Waals surface area contributed by atoms with E-state index in [1.807, 2.05) is 13.8 Å². The molecule has 22 heavy (non-hydrogen) atoms. The summed E-state index contributed by atoms with van der Waals surface area (Å²) in [6.07, 6.45) is 0. The molecule has 0 spiro atoms. The molecule has 1 aromatic carbocycles. The fraction of sp³-hybridized carbons (Fsp3) is 0.500. The molecule has 120 valence electrons. The highest BCUT2D eigenvalue weighted by Crippen LogP contribution is 2.28. The molecular formula is C16H21ClN2O3. The normalized spacial score (nSPS) is 17.3. The fourth-order valence-electron chi connectivity index (χ4n) is 2.76. The van der Waals surface area contributed by atoms with Gasteiger partial charge in [-0.2, -0.15) is 0 Å². The Morgan fingerprint density at radius 2 is 1.95 bits per heavy atom. The lowest BCUT2D eigenvalue weighted by Crippen LogP contribution is -2.61. The van der Waals surface area contributed by atoms with Crippen LogP contribution in [0.3, 0.4) is 0 Å². The van der Waals surface area contributed by atoms with Crippen LogP contribution in [-0.4, -0.2) is 53.9 Å². The Kier molecular flexibility index (Phi) is 4.66. The summed E-state index contributed by atoms with van der Waals surface area (Å²) in [7, 11) is 1.53. The molecule has 2 rings (SSSR count). The van der Waals surface area contributed by atoms with Crippen LogP contribution < -0.4 is 4.74 Å². The van der Waals surface area contributed by atoms with Gasteiger partial charge in [-0.1, -0.05) is 11.6 Å². The number of hydrogen-bond acceptors (Lipinski definition) is 3. The van der Waals surface area contributed by atoms with Crippen LogP contribution in [0.4, 0.5) is 0 Å². The van der Waals surface area contributed by atoms with E-state index in [0.717, 1.165) is 0 Å². The molecule has 0 aliphatic carbocycles. The summed E-state index contributed by atoms with van der Waals surface area (Å²) in [6, 6.07) is 5.02. The number of halogens is 1. The Bertz CT molecular complexity index is 601. The molecule has 1 aliphatic heterocycles. The van der Waals surface area contributed by atoms with Gasteiger partial charge in [0.05, 0.1) is 17.7 Å². The van der Waals surface area contributed by atoms with Gasteiger partial charge in [-0.3, -0.25) is 9.59 Å². The molecule has 1 saturated heterocycles.